The summed E-state index contributed by atoms with van der Waals surface area (Å²) in [7, 11) is 3.96. The Morgan fingerprint density at radius 1 is 1.45 bits per heavy atom. The molecule has 1 amide bonds. The van der Waals surface area contributed by atoms with Gasteiger partial charge in [-0.15, -0.1) is 4.91 Å². The third-order valence-electron chi connectivity index (χ3n) is 4.11. The summed E-state index contributed by atoms with van der Waals surface area (Å²) in [5, 5.41) is 5.69. The van der Waals surface area contributed by atoms with E-state index in [1.807, 2.05) is 0 Å². The van der Waals surface area contributed by atoms with Crippen LogP contribution in [-0.4, -0.2) is 68.8 Å². The van der Waals surface area contributed by atoms with Crippen LogP contribution in [0.15, 0.2) is 41.0 Å². The molecule has 2 heterocycles. The number of hydrogen-bond acceptors (Lipinski definition) is 5. The highest BCUT2D eigenvalue weighted by atomic mass is 16.5. The Balaban J connectivity index is 1.83. The zero-order valence-electron chi connectivity index (χ0n) is 13.1. The third kappa shape index (κ3) is 4.25. The molecule has 1 saturated heterocycles. The van der Waals surface area contributed by atoms with Crippen LogP contribution in [0, 0.1) is 4.91 Å². The monoisotopic (exact) mass is 307 g/mol. The van der Waals surface area contributed by atoms with Crippen LogP contribution in [0.5, 0.6) is 0 Å². The first-order valence-corrected chi connectivity index (χ1v) is 7.39. The maximum absolute atomic E-state index is 12.2. The van der Waals surface area contributed by atoms with Gasteiger partial charge < -0.3 is 19.4 Å². The molecule has 22 heavy (non-hydrogen) atoms. The fourth-order valence-corrected chi connectivity index (χ4v) is 2.49. The van der Waals surface area contributed by atoms with Gasteiger partial charge in [-0.2, -0.15) is 0 Å². The van der Waals surface area contributed by atoms with Gasteiger partial charge in [0, 0.05) is 13.2 Å². The molecule has 1 N–H and O–H groups in total. The number of amides is 1. The van der Waals surface area contributed by atoms with Crippen molar-refractivity contribution >= 4 is 5.91 Å². The van der Waals surface area contributed by atoms with E-state index in [4.69, 9.17) is 4.74 Å². The van der Waals surface area contributed by atoms with E-state index in [0.29, 0.717) is 17.8 Å². The highest BCUT2D eigenvalue weighted by Gasteiger charge is 2.25. The predicted octanol–water partition coefficient (Wildman–Crippen LogP) is 0.573. The van der Waals surface area contributed by atoms with Crippen LogP contribution >= 0.6 is 0 Å². The minimum atomic E-state index is -0.110. The summed E-state index contributed by atoms with van der Waals surface area (Å²) in [4.78, 5) is 24.1. The minimum Gasteiger partial charge on any atom is -0.370 e. The van der Waals surface area contributed by atoms with Crippen LogP contribution in [-0.2, 0) is 9.53 Å². The van der Waals surface area contributed by atoms with Gasteiger partial charge in [0.25, 0.3) is 5.91 Å². The Kier molecular flexibility index (Phi) is 5.46. The lowest BCUT2D eigenvalue weighted by atomic mass is 10.1. The van der Waals surface area contributed by atoms with Crippen LogP contribution in [0.25, 0.3) is 0 Å². The van der Waals surface area contributed by atoms with Crippen molar-refractivity contribution in [2.24, 2.45) is 5.18 Å². The normalized spacial score (nSPS) is 22.4. The Morgan fingerprint density at radius 2 is 2.18 bits per heavy atom. The van der Waals surface area contributed by atoms with Crippen LogP contribution in [0.4, 0.5) is 0 Å². The third-order valence-corrected chi connectivity index (χ3v) is 4.11. The second kappa shape index (κ2) is 7.33. The molecular formula is C15H23N4O3+. The van der Waals surface area contributed by atoms with Gasteiger partial charge in [-0.1, -0.05) is 0 Å². The van der Waals surface area contributed by atoms with Crippen molar-refractivity contribution in [1.82, 2.24) is 10.2 Å². The number of nitrogens with zero attached hydrogens (tertiary/aromatic N) is 3. The van der Waals surface area contributed by atoms with Crippen molar-refractivity contribution in [3.05, 3.63) is 40.7 Å². The highest BCUT2D eigenvalue weighted by Crippen LogP contribution is 2.15. The van der Waals surface area contributed by atoms with Crippen molar-refractivity contribution in [3.63, 3.8) is 0 Å². The largest absolute Gasteiger partial charge is 0.370 e. The van der Waals surface area contributed by atoms with E-state index in [0.717, 1.165) is 37.3 Å². The fourth-order valence-electron chi connectivity index (χ4n) is 2.49. The Morgan fingerprint density at radius 3 is 2.82 bits per heavy atom. The molecule has 0 atom stereocenters. The van der Waals surface area contributed by atoms with Gasteiger partial charge in [0.1, 0.15) is 13.1 Å². The lowest BCUT2D eigenvalue weighted by molar-refractivity contribution is -0.915. The summed E-state index contributed by atoms with van der Waals surface area (Å²) in [5.74, 6) is -0.110. The molecule has 2 aliphatic heterocycles. The molecule has 2 aliphatic rings. The second-order valence-corrected chi connectivity index (χ2v) is 5.85. The molecule has 0 bridgehead atoms. The van der Waals surface area contributed by atoms with E-state index in [2.05, 4.69) is 17.5 Å². The molecule has 7 heteroatoms. The van der Waals surface area contributed by atoms with Crippen LogP contribution in [0.1, 0.15) is 0 Å². The van der Waals surface area contributed by atoms with Crippen molar-refractivity contribution in [2.45, 2.75) is 0 Å². The van der Waals surface area contributed by atoms with E-state index >= 15 is 0 Å². The van der Waals surface area contributed by atoms with Crippen molar-refractivity contribution < 1.29 is 14.0 Å². The molecule has 0 aliphatic carbocycles. The second-order valence-electron chi connectivity index (χ2n) is 5.85. The predicted molar refractivity (Wildman–Crippen MR) is 83.5 cm³/mol. The minimum absolute atomic E-state index is 0.110. The van der Waals surface area contributed by atoms with Crippen molar-refractivity contribution in [2.75, 3.05) is 53.5 Å². The quantitative estimate of drug-likeness (QED) is 0.595. The van der Waals surface area contributed by atoms with Crippen LogP contribution in [0.3, 0.4) is 0 Å². The Hall–Kier alpha value is -1.99. The average Bonchev–Trinajstić information content (AvgIpc) is 2.50. The average molecular weight is 307 g/mol. The summed E-state index contributed by atoms with van der Waals surface area (Å²) < 4.78 is 6.29. The molecule has 2 rings (SSSR count). The fraction of sp³-hybridized carbons (Fsp3) is 0.533. The van der Waals surface area contributed by atoms with Gasteiger partial charge in [0.15, 0.2) is 0 Å². The summed E-state index contributed by atoms with van der Waals surface area (Å²) >= 11 is 0. The molecular weight excluding hydrogens is 284 g/mol. The number of rotatable bonds is 5. The van der Waals surface area contributed by atoms with Gasteiger partial charge >= 0.3 is 0 Å². The number of ether oxygens (including phenoxy) is 1. The number of hydrogen-bond donors (Lipinski definition) is 1. The maximum atomic E-state index is 12.2. The van der Waals surface area contributed by atoms with Gasteiger partial charge in [0.05, 0.1) is 50.8 Å². The number of allylic oxidation sites excluding steroid dienone is 1. The summed E-state index contributed by atoms with van der Waals surface area (Å²) in [6.07, 6.45) is 6.30. The molecule has 7 nitrogen and oxygen atoms in total. The molecule has 120 valence electrons. The van der Waals surface area contributed by atoms with Gasteiger partial charge in [-0.3, -0.25) is 4.79 Å². The first-order valence-electron chi connectivity index (χ1n) is 7.39. The van der Waals surface area contributed by atoms with Gasteiger partial charge in [-0.25, -0.2) is 0 Å². The highest BCUT2D eigenvalue weighted by molar-refractivity contribution is 5.96. The van der Waals surface area contributed by atoms with E-state index in [9.17, 15) is 9.70 Å². The van der Waals surface area contributed by atoms with E-state index in [-0.39, 0.29) is 5.91 Å². The van der Waals surface area contributed by atoms with Crippen molar-refractivity contribution in [1.29, 1.82) is 0 Å². The lowest BCUT2D eigenvalue weighted by Crippen LogP contribution is -2.54. The van der Waals surface area contributed by atoms with E-state index < -0.39 is 0 Å². The molecule has 0 saturated carbocycles. The number of nitroso groups, excluding NO2 is 1. The van der Waals surface area contributed by atoms with E-state index in [1.54, 1.807) is 30.3 Å². The number of likely N-dealkylation sites (N-methyl/N-ethyl adjacent to an activating group) is 2. The SMILES string of the molecule is CN1C=C(C(=O)NCC[N+]2(C)CCOCC2)C=C/C1=C\N=O. The molecule has 0 aromatic rings. The molecule has 1 fully saturated rings. The molecule has 0 radical (unpaired) electrons. The lowest BCUT2D eigenvalue weighted by Gasteiger charge is -2.37. The molecule has 0 spiro atoms. The van der Waals surface area contributed by atoms with E-state index in [1.165, 1.54) is 6.20 Å². The number of quaternary nitrogens is 1. The zero-order chi connectivity index (χ0) is 16.0. The number of nitrogens with one attached hydrogen (secondary N) is 1. The van der Waals surface area contributed by atoms with Crippen molar-refractivity contribution in [3.8, 4) is 0 Å². The van der Waals surface area contributed by atoms with Gasteiger partial charge in [-0.05, 0) is 17.3 Å². The summed E-state index contributed by atoms with van der Waals surface area (Å²) in [6.45, 7) is 5.04. The molecule has 0 unspecified atom stereocenters. The summed E-state index contributed by atoms with van der Waals surface area (Å²) in [5.41, 5.74) is 1.22. The smallest absolute Gasteiger partial charge is 0.252 e. The zero-order valence-corrected chi connectivity index (χ0v) is 13.1. The van der Waals surface area contributed by atoms with Crippen LogP contribution < -0.4 is 5.32 Å². The topological polar surface area (TPSA) is 71.0 Å². The van der Waals surface area contributed by atoms with Crippen LogP contribution in [0.2, 0.25) is 0 Å². The number of carbonyl (C=O) groups is 1. The first kappa shape index (κ1) is 16.4. The first-order chi connectivity index (χ1) is 10.5. The Labute approximate surface area is 130 Å². The number of carbonyl (C=O) groups excluding carboxylic acids is 1. The molecule has 0 aromatic carbocycles. The molecule has 0 aromatic heterocycles. The Bertz CT molecular complexity index is 519. The maximum Gasteiger partial charge on any atom is 0.252 e. The summed E-state index contributed by atoms with van der Waals surface area (Å²) in [6, 6.07) is 0. The number of morpholine rings is 1. The van der Waals surface area contributed by atoms with Gasteiger partial charge in [0.2, 0.25) is 0 Å². The standard InChI is InChI=1S/C15H22N4O3/c1-18-12-13(3-4-14(18)11-17-21)15(20)16-5-6-19(2)7-9-22-10-8-19/h3-4,11-12H,5-10H2,1-2H3/p+1/b14-11+.